The highest BCUT2D eigenvalue weighted by atomic mass is 31.2. The largest absolute Gasteiger partial charge is 0.762 e. The van der Waals surface area contributed by atoms with Crippen molar-refractivity contribution in [2.75, 3.05) is 7.05 Å². The first-order chi connectivity index (χ1) is 12.9. The number of benzene rings is 3. The third-order valence-electron chi connectivity index (χ3n) is 3.65. The average Bonchev–Trinajstić information content (AvgIpc) is 2.69. The van der Waals surface area contributed by atoms with E-state index in [-0.39, 0.29) is 5.75 Å². The third-order valence-corrected chi connectivity index (χ3v) is 4.64. The maximum absolute atomic E-state index is 10.8. The Morgan fingerprint density at radius 2 is 1.22 bits per heavy atom. The van der Waals surface area contributed by atoms with E-state index in [1.807, 2.05) is 12.1 Å². The van der Waals surface area contributed by atoms with Crippen LogP contribution in [0.3, 0.4) is 0 Å². The van der Waals surface area contributed by atoms with Crippen LogP contribution >= 0.6 is 7.60 Å². The van der Waals surface area contributed by atoms with Crippen molar-refractivity contribution in [1.82, 2.24) is 0 Å². The van der Waals surface area contributed by atoms with Crippen LogP contribution in [0.5, 0.6) is 5.75 Å². The summed E-state index contributed by atoms with van der Waals surface area (Å²) in [6.07, 6.45) is 0. The standard InChI is InChI=1S/C13H13N.C7H8NO4P/c1-14(12-8-4-2-5-9-12)13-10-6-3-7-11-13;8-7(9)13(10,11)12-6-4-2-1-3-5-6/h2-11H,1H3;1-5H,(H2,8,9)(H,10,11). The number of hydrogen-bond acceptors (Lipinski definition) is 4. The van der Waals surface area contributed by atoms with E-state index in [9.17, 15) is 14.3 Å². The van der Waals surface area contributed by atoms with Gasteiger partial charge in [0.1, 0.15) is 17.1 Å². The molecule has 0 aliphatic rings. The summed E-state index contributed by atoms with van der Waals surface area (Å²) in [5, 5.41) is 0. The zero-order valence-corrected chi connectivity index (χ0v) is 15.7. The molecule has 0 aromatic heterocycles. The van der Waals surface area contributed by atoms with Crippen LogP contribution in [0.25, 0.3) is 0 Å². The Kier molecular flexibility index (Phi) is 7.32. The van der Waals surface area contributed by atoms with E-state index in [0.29, 0.717) is 0 Å². The normalized spacial score (nSPS) is 12.4. The summed E-state index contributed by atoms with van der Waals surface area (Å²) in [7, 11) is -2.44. The molecule has 0 bridgehead atoms. The fourth-order valence-electron chi connectivity index (χ4n) is 2.21. The fraction of sp³-hybridized carbons (Fsp3) is 0.0500. The number of rotatable bonds is 5. The van der Waals surface area contributed by atoms with Crippen LogP contribution in [-0.2, 0) is 4.57 Å². The molecular formula is C20H21N2O4P. The number of quaternary nitrogens is 1. The van der Waals surface area contributed by atoms with Crippen molar-refractivity contribution in [1.29, 1.82) is 0 Å². The van der Waals surface area contributed by atoms with Gasteiger partial charge in [-0.3, -0.25) is 14.3 Å². The van der Waals surface area contributed by atoms with Crippen molar-refractivity contribution < 1.29 is 23.7 Å². The monoisotopic (exact) mass is 384 g/mol. The van der Waals surface area contributed by atoms with Gasteiger partial charge in [0.15, 0.2) is 0 Å². The van der Waals surface area contributed by atoms with Crippen molar-refractivity contribution in [2.24, 2.45) is 5.73 Å². The van der Waals surface area contributed by atoms with E-state index in [1.165, 1.54) is 28.4 Å². The SMILES string of the molecule is C[NH+](c1ccccc1)c1ccccc1.NC(=O)P(=O)([O-])Oc1ccccc1. The molecule has 0 spiro atoms. The number of amides is 1. The predicted octanol–water partition coefficient (Wildman–Crippen LogP) is 2.86. The molecule has 0 radical (unpaired) electrons. The lowest BCUT2D eigenvalue weighted by molar-refractivity contribution is -0.735. The van der Waals surface area contributed by atoms with Gasteiger partial charge in [-0.05, 0) is 36.4 Å². The van der Waals surface area contributed by atoms with Gasteiger partial charge >= 0.3 is 5.65 Å². The lowest BCUT2D eigenvalue weighted by atomic mass is 10.2. The molecule has 0 fully saturated rings. The molecule has 140 valence electrons. The molecule has 0 heterocycles. The molecule has 1 unspecified atom stereocenters. The summed E-state index contributed by atoms with van der Waals surface area (Å²) in [4.78, 5) is 22.5. The molecule has 7 heteroatoms. The third kappa shape index (κ3) is 6.38. The molecule has 1 atom stereocenters. The number of hydrogen-bond donors (Lipinski definition) is 2. The minimum Gasteiger partial charge on any atom is -0.762 e. The Bertz CT molecular complexity index is 850. The first-order valence-electron chi connectivity index (χ1n) is 8.20. The van der Waals surface area contributed by atoms with Crippen molar-refractivity contribution in [2.45, 2.75) is 0 Å². The number of primary amides is 1. The molecule has 3 aromatic rings. The van der Waals surface area contributed by atoms with Gasteiger partial charge in [-0.2, -0.15) is 0 Å². The minimum absolute atomic E-state index is 0.0691. The summed E-state index contributed by atoms with van der Waals surface area (Å²) in [6.45, 7) is 0. The van der Waals surface area contributed by atoms with E-state index in [4.69, 9.17) is 0 Å². The number of nitrogens with two attached hydrogens (primary N) is 1. The topological polar surface area (TPSA) is 96.9 Å². The number of carbonyl (C=O) groups is 1. The highest BCUT2D eigenvalue weighted by molar-refractivity contribution is 7.69. The van der Waals surface area contributed by atoms with E-state index in [0.717, 1.165) is 0 Å². The van der Waals surface area contributed by atoms with Crippen LogP contribution < -0.4 is 20.1 Å². The Morgan fingerprint density at radius 3 is 1.59 bits per heavy atom. The van der Waals surface area contributed by atoms with Crippen molar-refractivity contribution >= 4 is 24.6 Å². The van der Waals surface area contributed by atoms with Gasteiger partial charge in [-0.1, -0.05) is 54.6 Å². The molecule has 3 N–H and O–H groups in total. The Hall–Kier alpha value is -2.92. The zero-order valence-electron chi connectivity index (χ0n) is 14.8. The van der Waals surface area contributed by atoms with Crippen molar-refractivity contribution in [3.05, 3.63) is 91.0 Å². The Morgan fingerprint density at radius 1 is 0.852 bits per heavy atom. The second-order valence-electron chi connectivity index (χ2n) is 5.60. The first-order valence-corrected chi connectivity index (χ1v) is 9.74. The number of carbonyl (C=O) groups excluding carboxylic acids is 1. The lowest BCUT2D eigenvalue weighted by Gasteiger charge is -2.19. The smallest absolute Gasteiger partial charge is 0.301 e. The summed E-state index contributed by atoms with van der Waals surface area (Å²) in [5.74, 6) is 0.0691. The van der Waals surface area contributed by atoms with Crippen molar-refractivity contribution in [3.8, 4) is 5.75 Å². The average molecular weight is 384 g/mol. The highest BCUT2D eigenvalue weighted by Gasteiger charge is 2.17. The molecular weight excluding hydrogens is 363 g/mol. The van der Waals surface area contributed by atoms with Crippen LogP contribution in [0.15, 0.2) is 91.0 Å². The van der Waals surface area contributed by atoms with Gasteiger partial charge in [0.05, 0.1) is 7.05 Å². The Balaban J connectivity index is 0.000000194. The molecule has 6 nitrogen and oxygen atoms in total. The summed E-state index contributed by atoms with van der Waals surface area (Å²) in [5.41, 5.74) is 5.68. The van der Waals surface area contributed by atoms with Crippen LogP contribution in [0.2, 0.25) is 0 Å². The maximum Gasteiger partial charge on any atom is 0.301 e. The quantitative estimate of drug-likeness (QED) is 0.661. The van der Waals surface area contributed by atoms with E-state index < -0.39 is 13.2 Å². The second-order valence-corrected chi connectivity index (χ2v) is 7.22. The minimum atomic E-state index is -4.60. The van der Waals surface area contributed by atoms with Crippen LogP contribution in [0.4, 0.5) is 16.2 Å². The molecule has 0 aliphatic heterocycles. The summed E-state index contributed by atoms with van der Waals surface area (Å²) >= 11 is 0. The number of para-hydroxylation sites is 3. The fourth-order valence-corrected chi connectivity index (χ4v) is 2.70. The predicted molar refractivity (Wildman–Crippen MR) is 103 cm³/mol. The summed E-state index contributed by atoms with van der Waals surface area (Å²) < 4.78 is 15.2. The molecule has 3 rings (SSSR count). The number of nitrogens with one attached hydrogen (secondary N) is 1. The van der Waals surface area contributed by atoms with Crippen LogP contribution in [0, 0.1) is 0 Å². The Labute approximate surface area is 158 Å². The molecule has 0 aliphatic carbocycles. The van der Waals surface area contributed by atoms with Crippen LogP contribution in [0.1, 0.15) is 0 Å². The van der Waals surface area contributed by atoms with Crippen molar-refractivity contribution in [3.63, 3.8) is 0 Å². The molecule has 0 saturated heterocycles. The van der Waals surface area contributed by atoms with Gasteiger partial charge in [0.2, 0.25) is 0 Å². The molecule has 1 amide bonds. The first kappa shape index (κ1) is 20.4. The van der Waals surface area contributed by atoms with Gasteiger partial charge in [-0.15, -0.1) is 0 Å². The van der Waals surface area contributed by atoms with Crippen LogP contribution in [-0.4, -0.2) is 12.7 Å². The van der Waals surface area contributed by atoms with Gasteiger partial charge in [-0.25, -0.2) is 0 Å². The molecule has 0 saturated carbocycles. The zero-order chi connectivity index (χ0) is 19.7. The van der Waals surface area contributed by atoms with E-state index in [1.54, 1.807) is 18.2 Å². The second kappa shape index (κ2) is 9.69. The van der Waals surface area contributed by atoms with E-state index >= 15 is 0 Å². The summed E-state index contributed by atoms with van der Waals surface area (Å²) in [6, 6.07) is 28.6. The van der Waals surface area contributed by atoms with E-state index in [2.05, 4.69) is 65.8 Å². The molecule has 3 aromatic carbocycles. The van der Waals surface area contributed by atoms with Gasteiger partial charge in [0, 0.05) is 0 Å². The van der Waals surface area contributed by atoms with Gasteiger partial charge in [0.25, 0.3) is 7.60 Å². The van der Waals surface area contributed by atoms with Gasteiger partial charge < -0.3 is 15.2 Å². The maximum atomic E-state index is 10.8. The highest BCUT2D eigenvalue weighted by Crippen LogP contribution is 2.37. The molecule has 27 heavy (non-hydrogen) atoms. The lowest BCUT2D eigenvalue weighted by Crippen LogP contribution is -2.98.